The van der Waals surface area contributed by atoms with Crippen molar-refractivity contribution in [1.82, 2.24) is 0 Å². The molecule has 3 rings (SSSR count). The summed E-state index contributed by atoms with van der Waals surface area (Å²) in [6.07, 6.45) is 3.80. The zero-order valence-electron chi connectivity index (χ0n) is 18.0. The van der Waals surface area contributed by atoms with Crippen LogP contribution in [0.5, 0.6) is 0 Å². The molecule has 2 spiro atoms. The van der Waals surface area contributed by atoms with Crippen molar-refractivity contribution in [1.29, 1.82) is 0 Å². The van der Waals surface area contributed by atoms with E-state index in [-0.39, 0.29) is 19.6 Å². The highest BCUT2D eigenvalue weighted by molar-refractivity contribution is 5.90. The van der Waals surface area contributed by atoms with Gasteiger partial charge in [-0.2, -0.15) is 0 Å². The Morgan fingerprint density at radius 3 is 2.10 bits per heavy atom. The van der Waals surface area contributed by atoms with Gasteiger partial charge in [0.2, 0.25) is 5.79 Å². The van der Waals surface area contributed by atoms with E-state index in [1.165, 1.54) is 6.92 Å². The fraction of sp³-hybridized carbons (Fsp3) is 0.857. The fourth-order valence-electron chi connectivity index (χ4n) is 4.44. The summed E-state index contributed by atoms with van der Waals surface area (Å²) in [5, 5.41) is 0. The van der Waals surface area contributed by atoms with Crippen molar-refractivity contribution >= 4 is 17.9 Å². The standard InChI is InChI=1S/C21H32O9/c1-4-25-16(22)14-15(17(23)26-5-2)19(3)18(24)29-20(10-6-8-12-27-20)21(30-19)11-7-9-13-28-21/h15H,4-14H2,1-3H3/t15-,19-,20+,21+/m0/s1. The summed E-state index contributed by atoms with van der Waals surface area (Å²) in [5.41, 5.74) is -1.79. The first-order valence-electron chi connectivity index (χ1n) is 10.9. The zero-order valence-corrected chi connectivity index (χ0v) is 18.0. The lowest BCUT2D eigenvalue weighted by Crippen LogP contribution is -2.73. The van der Waals surface area contributed by atoms with Crippen molar-refractivity contribution in [2.24, 2.45) is 5.92 Å². The Balaban J connectivity index is 1.97. The number of ether oxygens (including phenoxy) is 6. The second-order valence-electron chi connectivity index (χ2n) is 8.03. The van der Waals surface area contributed by atoms with Gasteiger partial charge in [0, 0.05) is 12.8 Å². The largest absolute Gasteiger partial charge is 0.466 e. The van der Waals surface area contributed by atoms with E-state index in [2.05, 4.69) is 0 Å². The van der Waals surface area contributed by atoms with Crippen molar-refractivity contribution in [3.8, 4) is 0 Å². The topological polar surface area (TPSA) is 107 Å². The first-order chi connectivity index (χ1) is 14.3. The average molecular weight is 428 g/mol. The van der Waals surface area contributed by atoms with Gasteiger partial charge in [-0.3, -0.25) is 9.59 Å². The number of fused-ring (bicyclic) bond motifs is 1. The third-order valence-electron chi connectivity index (χ3n) is 6.00. The van der Waals surface area contributed by atoms with Crippen LogP contribution < -0.4 is 0 Å². The quantitative estimate of drug-likeness (QED) is 0.465. The molecule has 0 aromatic rings. The number of carbonyl (C=O) groups excluding carboxylic acids is 3. The zero-order chi connectivity index (χ0) is 21.8. The van der Waals surface area contributed by atoms with Crippen LogP contribution in [0.3, 0.4) is 0 Å². The molecule has 0 bridgehead atoms. The molecule has 3 saturated heterocycles. The lowest BCUT2D eigenvalue weighted by molar-refractivity contribution is -0.458. The van der Waals surface area contributed by atoms with Gasteiger partial charge >= 0.3 is 17.9 Å². The molecule has 0 aliphatic carbocycles. The van der Waals surface area contributed by atoms with Crippen LogP contribution in [0.15, 0.2) is 0 Å². The SMILES string of the molecule is CCOC(=O)C[C@@H](C(=O)OCC)[C@]1(C)O[C@]2(CCCCO2)[C@@]2(CCCCO2)OC1=O. The third kappa shape index (κ3) is 4.07. The van der Waals surface area contributed by atoms with Gasteiger partial charge in [0.25, 0.3) is 5.79 Å². The van der Waals surface area contributed by atoms with Crippen LogP contribution in [0.25, 0.3) is 0 Å². The predicted octanol–water partition coefficient (Wildman–Crippen LogP) is 2.24. The lowest BCUT2D eigenvalue weighted by atomic mass is 9.81. The lowest BCUT2D eigenvalue weighted by Gasteiger charge is -2.57. The third-order valence-corrected chi connectivity index (χ3v) is 6.00. The average Bonchev–Trinajstić information content (AvgIpc) is 2.72. The second-order valence-corrected chi connectivity index (χ2v) is 8.03. The summed E-state index contributed by atoms with van der Waals surface area (Å²) in [5.74, 6) is -6.06. The predicted molar refractivity (Wildman–Crippen MR) is 102 cm³/mol. The molecule has 0 aromatic carbocycles. The summed E-state index contributed by atoms with van der Waals surface area (Å²) >= 11 is 0. The van der Waals surface area contributed by atoms with Crippen LogP contribution in [0, 0.1) is 5.92 Å². The molecular formula is C21H32O9. The molecule has 9 heteroatoms. The first-order valence-corrected chi connectivity index (χ1v) is 10.9. The van der Waals surface area contributed by atoms with Crippen molar-refractivity contribution < 1.29 is 42.8 Å². The molecule has 170 valence electrons. The monoisotopic (exact) mass is 428 g/mol. The molecule has 0 radical (unpaired) electrons. The number of esters is 3. The van der Waals surface area contributed by atoms with E-state index in [9.17, 15) is 14.4 Å². The van der Waals surface area contributed by atoms with Crippen molar-refractivity contribution in [2.45, 2.75) is 82.9 Å². The van der Waals surface area contributed by atoms with Gasteiger partial charge in [0.15, 0.2) is 5.60 Å². The molecule has 3 fully saturated rings. The summed E-state index contributed by atoms with van der Waals surface area (Å²) in [6.45, 7) is 5.85. The van der Waals surface area contributed by atoms with E-state index in [1.54, 1.807) is 13.8 Å². The summed E-state index contributed by atoms with van der Waals surface area (Å²) in [7, 11) is 0. The van der Waals surface area contributed by atoms with Crippen LogP contribution in [0.2, 0.25) is 0 Å². The van der Waals surface area contributed by atoms with Crippen LogP contribution in [-0.4, -0.2) is 61.5 Å². The van der Waals surface area contributed by atoms with E-state index < -0.39 is 41.0 Å². The van der Waals surface area contributed by atoms with Crippen LogP contribution in [0.4, 0.5) is 0 Å². The van der Waals surface area contributed by atoms with Gasteiger partial charge in [-0.25, -0.2) is 4.79 Å². The Morgan fingerprint density at radius 1 is 0.967 bits per heavy atom. The minimum atomic E-state index is -1.79. The minimum absolute atomic E-state index is 0.0952. The van der Waals surface area contributed by atoms with Gasteiger partial charge in [0.1, 0.15) is 5.92 Å². The molecule has 0 N–H and O–H groups in total. The van der Waals surface area contributed by atoms with E-state index in [0.717, 1.165) is 25.7 Å². The van der Waals surface area contributed by atoms with Crippen LogP contribution in [0.1, 0.15) is 65.7 Å². The van der Waals surface area contributed by atoms with E-state index in [4.69, 9.17) is 28.4 Å². The number of rotatable bonds is 6. The second kappa shape index (κ2) is 9.20. The molecule has 0 unspecified atom stereocenters. The molecule has 9 nitrogen and oxygen atoms in total. The minimum Gasteiger partial charge on any atom is -0.466 e. The Labute approximate surface area is 176 Å². The van der Waals surface area contributed by atoms with Gasteiger partial charge in [0.05, 0.1) is 32.8 Å². The molecule has 3 aliphatic heterocycles. The maximum Gasteiger partial charge on any atom is 0.341 e. The van der Waals surface area contributed by atoms with Crippen molar-refractivity contribution in [3.05, 3.63) is 0 Å². The van der Waals surface area contributed by atoms with Crippen molar-refractivity contribution in [3.63, 3.8) is 0 Å². The Kier molecular flexibility index (Phi) is 7.04. The molecule has 0 amide bonds. The molecule has 0 aromatic heterocycles. The molecule has 4 atom stereocenters. The summed E-state index contributed by atoms with van der Waals surface area (Å²) in [6, 6.07) is 0. The molecular weight excluding hydrogens is 396 g/mol. The van der Waals surface area contributed by atoms with Crippen LogP contribution >= 0.6 is 0 Å². The molecule has 0 saturated carbocycles. The highest BCUT2D eigenvalue weighted by atomic mass is 16.8. The van der Waals surface area contributed by atoms with Gasteiger partial charge < -0.3 is 28.4 Å². The number of hydrogen-bond donors (Lipinski definition) is 0. The van der Waals surface area contributed by atoms with E-state index >= 15 is 0 Å². The summed E-state index contributed by atoms with van der Waals surface area (Å²) in [4.78, 5) is 38.3. The Hall–Kier alpha value is -1.71. The first kappa shape index (κ1) is 23.0. The summed E-state index contributed by atoms with van der Waals surface area (Å²) < 4.78 is 34.5. The Bertz CT molecular complexity index is 649. The maximum absolute atomic E-state index is 13.3. The van der Waals surface area contributed by atoms with E-state index in [1.807, 2.05) is 0 Å². The highest BCUT2D eigenvalue weighted by Crippen LogP contribution is 2.52. The fourth-order valence-corrected chi connectivity index (χ4v) is 4.44. The number of hydrogen-bond acceptors (Lipinski definition) is 9. The van der Waals surface area contributed by atoms with Gasteiger partial charge in [-0.15, -0.1) is 0 Å². The molecule has 30 heavy (non-hydrogen) atoms. The Morgan fingerprint density at radius 2 is 1.57 bits per heavy atom. The molecule has 3 aliphatic rings. The normalized spacial score (nSPS) is 35.0. The van der Waals surface area contributed by atoms with E-state index in [0.29, 0.717) is 26.1 Å². The smallest absolute Gasteiger partial charge is 0.341 e. The van der Waals surface area contributed by atoms with Gasteiger partial charge in [-0.05, 0) is 46.5 Å². The van der Waals surface area contributed by atoms with Crippen molar-refractivity contribution in [2.75, 3.05) is 26.4 Å². The maximum atomic E-state index is 13.3. The molecule has 3 heterocycles. The highest BCUT2D eigenvalue weighted by Gasteiger charge is 2.70. The number of carbonyl (C=O) groups is 3. The van der Waals surface area contributed by atoms with Crippen LogP contribution in [-0.2, 0) is 42.8 Å². The van der Waals surface area contributed by atoms with Gasteiger partial charge in [-0.1, -0.05) is 0 Å².